The third kappa shape index (κ3) is 11.8. The topological polar surface area (TPSA) is 38.7 Å². The van der Waals surface area contributed by atoms with E-state index in [0.717, 1.165) is 24.5 Å². The molecule has 0 aliphatic heterocycles. The molecule has 1 atom stereocenters. The second-order valence-electron chi connectivity index (χ2n) is 6.75. The number of unbranched alkanes of at least 4 members (excludes halogenated alkanes) is 7. The van der Waals surface area contributed by atoms with Crippen molar-refractivity contribution < 1.29 is 14.6 Å². The fourth-order valence-electron chi connectivity index (χ4n) is 2.67. The Kier molecular flexibility index (Phi) is 13.4. The monoisotopic (exact) mass is 360 g/mol. The molecule has 0 bridgehead atoms. The smallest absolute Gasteiger partial charge is 0.120 e. The summed E-state index contributed by atoms with van der Waals surface area (Å²) >= 11 is 0. The van der Waals surface area contributed by atoms with Crippen LogP contribution in [0.25, 0.3) is 0 Å². The first kappa shape index (κ1) is 22.4. The summed E-state index contributed by atoms with van der Waals surface area (Å²) in [4.78, 5) is 0. The van der Waals surface area contributed by atoms with Gasteiger partial charge in [0.2, 0.25) is 0 Å². The predicted octanol–water partition coefficient (Wildman–Crippen LogP) is 5.75. The molecule has 146 valence electrons. The lowest BCUT2D eigenvalue weighted by atomic mass is 10.1. The molecule has 0 amide bonds. The van der Waals surface area contributed by atoms with E-state index in [1.165, 1.54) is 44.9 Å². The quantitative estimate of drug-likeness (QED) is 0.339. The van der Waals surface area contributed by atoms with Gasteiger partial charge >= 0.3 is 0 Å². The molecule has 0 aromatic heterocycles. The van der Waals surface area contributed by atoms with Crippen molar-refractivity contribution in [3.8, 4) is 23.3 Å². The van der Waals surface area contributed by atoms with E-state index < -0.39 is 0 Å². The van der Waals surface area contributed by atoms with E-state index in [2.05, 4.69) is 18.8 Å². The van der Waals surface area contributed by atoms with Crippen molar-refractivity contribution in [1.82, 2.24) is 0 Å². The average molecular weight is 361 g/mol. The lowest BCUT2D eigenvalue weighted by Gasteiger charge is -2.13. The lowest BCUT2D eigenvalue weighted by molar-refractivity contribution is 0.227. The highest BCUT2D eigenvalue weighted by Gasteiger charge is 2.02. The van der Waals surface area contributed by atoms with E-state index in [4.69, 9.17) is 14.6 Å². The molecule has 1 aromatic carbocycles. The number of hydrogen-bond donors (Lipinski definition) is 1. The maximum atomic E-state index is 8.69. The fourth-order valence-corrected chi connectivity index (χ4v) is 2.67. The Morgan fingerprint density at radius 3 is 2.15 bits per heavy atom. The van der Waals surface area contributed by atoms with Gasteiger partial charge in [-0.15, -0.1) is 5.92 Å². The molecule has 0 saturated carbocycles. The summed E-state index contributed by atoms with van der Waals surface area (Å²) in [6, 6.07) is 7.82. The average Bonchev–Trinajstić information content (AvgIpc) is 2.65. The number of aliphatic hydroxyl groups excluding tert-OH is 1. The normalized spacial score (nSPS) is 11.5. The van der Waals surface area contributed by atoms with Crippen molar-refractivity contribution in [3.05, 3.63) is 24.3 Å². The molecule has 1 unspecified atom stereocenters. The molecule has 0 aliphatic rings. The predicted molar refractivity (Wildman–Crippen MR) is 109 cm³/mol. The van der Waals surface area contributed by atoms with E-state index in [9.17, 15) is 0 Å². The molecule has 3 heteroatoms. The summed E-state index contributed by atoms with van der Waals surface area (Å²) < 4.78 is 11.6. The van der Waals surface area contributed by atoms with E-state index in [1.54, 1.807) is 0 Å². The molecular weight excluding hydrogens is 324 g/mol. The Morgan fingerprint density at radius 1 is 0.885 bits per heavy atom. The summed E-state index contributed by atoms with van der Waals surface area (Å²) in [5.41, 5.74) is 0. The Balaban J connectivity index is 2.12. The van der Waals surface area contributed by atoms with Crippen LogP contribution in [0.3, 0.4) is 0 Å². The van der Waals surface area contributed by atoms with Crippen LogP contribution >= 0.6 is 0 Å². The zero-order valence-corrected chi connectivity index (χ0v) is 16.6. The molecule has 0 fully saturated rings. The van der Waals surface area contributed by atoms with Gasteiger partial charge in [-0.2, -0.15) is 0 Å². The van der Waals surface area contributed by atoms with Crippen LogP contribution in [0.5, 0.6) is 11.5 Å². The number of ether oxygens (including phenoxy) is 2. The molecule has 0 spiro atoms. The first-order valence-electron chi connectivity index (χ1n) is 10.2. The van der Waals surface area contributed by atoms with Crippen molar-refractivity contribution >= 4 is 0 Å². The van der Waals surface area contributed by atoms with E-state index >= 15 is 0 Å². The highest BCUT2D eigenvalue weighted by molar-refractivity contribution is 5.31. The van der Waals surface area contributed by atoms with E-state index in [0.29, 0.717) is 12.8 Å². The number of rotatable bonds is 14. The largest absolute Gasteiger partial charge is 0.494 e. The van der Waals surface area contributed by atoms with Crippen LogP contribution in [-0.4, -0.2) is 24.4 Å². The number of aliphatic hydroxyl groups is 1. The minimum absolute atomic E-state index is 0.0327. The summed E-state index contributed by atoms with van der Waals surface area (Å²) in [5, 5.41) is 8.69. The Morgan fingerprint density at radius 2 is 1.50 bits per heavy atom. The van der Waals surface area contributed by atoms with Gasteiger partial charge in [0, 0.05) is 12.8 Å². The van der Waals surface area contributed by atoms with Gasteiger partial charge in [0.1, 0.15) is 17.6 Å². The second kappa shape index (κ2) is 15.6. The van der Waals surface area contributed by atoms with Crippen molar-refractivity contribution in [2.24, 2.45) is 0 Å². The minimum Gasteiger partial charge on any atom is -0.494 e. The molecule has 3 nitrogen and oxygen atoms in total. The van der Waals surface area contributed by atoms with Gasteiger partial charge in [0.05, 0.1) is 13.2 Å². The molecule has 0 aliphatic carbocycles. The highest BCUT2D eigenvalue weighted by atomic mass is 16.5. The van der Waals surface area contributed by atoms with Crippen molar-refractivity contribution in [2.75, 3.05) is 13.2 Å². The van der Waals surface area contributed by atoms with Crippen LogP contribution in [0.2, 0.25) is 0 Å². The van der Waals surface area contributed by atoms with Gasteiger partial charge in [-0.25, -0.2) is 0 Å². The van der Waals surface area contributed by atoms with Crippen LogP contribution in [0.15, 0.2) is 24.3 Å². The third-order valence-electron chi connectivity index (χ3n) is 4.18. The molecule has 26 heavy (non-hydrogen) atoms. The van der Waals surface area contributed by atoms with Crippen LogP contribution in [0.1, 0.15) is 78.1 Å². The standard InChI is InChI=1S/C23H36O3/c1-3-4-5-6-7-8-9-13-20-25-22-15-17-23(18-16-22)26-21(2)14-11-10-12-19-24/h15-18,21,24H,3-9,12-14,19-20H2,1-2H3. The van der Waals surface area contributed by atoms with Crippen molar-refractivity contribution in [1.29, 1.82) is 0 Å². The maximum Gasteiger partial charge on any atom is 0.120 e. The van der Waals surface area contributed by atoms with E-state index in [1.807, 2.05) is 31.2 Å². The molecule has 0 heterocycles. The molecule has 1 aromatic rings. The number of benzene rings is 1. The Labute approximate surface area is 160 Å². The van der Waals surface area contributed by atoms with Gasteiger partial charge in [-0.3, -0.25) is 0 Å². The summed E-state index contributed by atoms with van der Waals surface area (Å²) in [5.74, 6) is 7.66. The molecule has 1 rings (SSSR count). The zero-order chi connectivity index (χ0) is 18.9. The third-order valence-corrected chi connectivity index (χ3v) is 4.18. The lowest BCUT2D eigenvalue weighted by Crippen LogP contribution is -2.10. The van der Waals surface area contributed by atoms with Crippen molar-refractivity contribution in [2.45, 2.75) is 84.2 Å². The van der Waals surface area contributed by atoms with Gasteiger partial charge in [0.25, 0.3) is 0 Å². The fraction of sp³-hybridized carbons (Fsp3) is 0.652. The summed E-state index contributed by atoms with van der Waals surface area (Å²) in [6.07, 6.45) is 11.7. The highest BCUT2D eigenvalue weighted by Crippen LogP contribution is 2.19. The minimum atomic E-state index is 0.0327. The van der Waals surface area contributed by atoms with Crippen molar-refractivity contribution in [3.63, 3.8) is 0 Å². The molecule has 1 N–H and O–H groups in total. The Hall–Kier alpha value is -1.66. The second-order valence-corrected chi connectivity index (χ2v) is 6.75. The van der Waals surface area contributed by atoms with Gasteiger partial charge in [-0.1, -0.05) is 57.8 Å². The van der Waals surface area contributed by atoms with E-state index in [-0.39, 0.29) is 12.7 Å². The molecule has 0 saturated heterocycles. The maximum absolute atomic E-state index is 8.69. The van der Waals surface area contributed by atoms with Gasteiger partial charge in [-0.05, 0) is 37.6 Å². The summed E-state index contributed by atoms with van der Waals surface area (Å²) in [7, 11) is 0. The summed E-state index contributed by atoms with van der Waals surface area (Å²) in [6.45, 7) is 5.15. The molecule has 0 radical (unpaired) electrons. The first-order valence-corrected chi connectivity index (χ1v) is 10.2. The number of hydrogen-bond acceptors (Lipinski definition) is 3. The zero-order valence-electron chi connectivity index (χ0n) is 16.6. The van der Waals surface area contributed by atoms with Gasteiger partial charge < -0.3 is 14.6 Å². The van der Waals surface area contributed by atoms with Crippen LogP contribution < -0.4 is 9.47 Å². The van der Waals surface area contributed by atoms with Gasteiger partial charge in [0.15, 0.2) is 0 Å². The SMILES string of the molecule is CCCCCCCCCCOc1ccc(OC(C)CC#CCCO)cc1. The van der Waals surface area contributed by atoms with Crippen LogP contribution in [0.4, 0.5) is 0 Å². The van der Waals surface area contributed by atoms with Crippen LogP contribution in [-0.2, 0) is 0 Å². The molecular formula is C23H36O3. The van der Waals surface area contributed by atoms with Crippen LogP contribution in [0, 0.1) is 11.8 Å². The first-order chi connectivity index (χ1) is 12.8. The Bertz CT molecular complexity index is 498.